The van der Waals surface area contributed by atoms with Gasteiger partial charge in [-0.1, -0.05) is 17.7 Å². The lowest BCUT2D eigenvalue weighted by molar-refractivity contribution is -0.131. The summed E-state index contributed by atoms with van der Waals surface area (Å²) in [4.78, 5) is 33.5. The molecule has 0 aliphatic rings. The van der Waals surface area contributed by atoms with Gasteiger partial charge in [0.2, 0.25) is 23.7 Å². The summed E-state index contributed by atoms with van der Waals surface area (Å²) in [6.07, 6.45) is 4.45. The first-order valence-corrected chi connectivity index (χ1v) is 10.4. The van der Waals surface area contributed by atoms with Crippen LogP contribution in [0.15, 0.2) is 48.9 Å². The van der Waals surface area contributed by atoms with Crippen LogP contribution in [0.25, 0.3) is 0 Å². The number of anilines is 2. The number of carbonyl (C=O) groups excluding carboxylic acids is 2. The first-order valence-electron chi connectivity index (χ1n) is 10.4. The number of benzene rings is 1. The molecule has 0 bridgehead atoms. The van der Waals surface area contributed by atoms with Crippen molar-refractivity contribution in [1.29, 1.82) is 0 Å². The molecule has 10 nitrogen and oxygen atoms in total. The van der Waals surface area contributed by atoms with Crippen LogP contribution in [0.2, 0.25) is 0 Å². The summed E-state index contributed by atoms with van der Waals surface area (Å²) in [5, 5.41) is 9.58. The van der Waals surface area contributed by atoms with Gasteiger partial charge in [0.05, 0.1) is 18.4 Å². The number of halogens is 1. The molecule has 0 aliphatic heterocycles. The third-order valence-corrected chi connectivity index (χ3v) is 4.61. The first-order chi connectivity index (χ1) is 15.9. The molecule has 0 radical (unpaired) electrons. The van der Waals surface area contributed by atoms with Crippen LogP contribution >= 0.6 is 0 Å². The Morgan fingerprint density at radius 2 is 2.00 bits per heavy atom. The summed E-state index contributed by atoms with van der Waals surface area (Å²) in [7, 11) is 1.70. The van der Waals surface area contributed by atoms with Gasteiger partial charge >= 0.3 is 0 Å². The Kier molecular flexibility index (Phi) is 8.28. The molecular formula is C22H26FN7O3. The monoisotopic (exact) mass is 455 g/mol. The number of nitrogens with one attached hydrogen (secondary N) is 2. The maximum Gasteiger partial charge on any atom is 0.244 e. The van der Waals surface area contributed by atoms with Crippen molar-refractivity contribution in [2.24, 2.45) is 0 Å². The van der Waals surface area contributed by atoms with E-state index in [0.717, 1.165) is 17.4 Å². The van der Waals surface area contributed by atoms with Gasteiger partial charge in [-0.25, -0.2) is 4.98 Å². The third kappa shape index (κ3) is 7.87. The first kappa shape index (κ1) is 23.6. The fourth-order valence-electron chi connectivity index (χ4n) is 2.77. The van der Waals surface area contributed by atoms with Crippen LogP contribution in [0.1, 0.15) is 12.0 Å². The van der Waals surface area contributed by atoms with E-state index >= 15 is 0 Å². The fourth-order valence-corrected chi connectivity index (χ4v) is 2.77. The van der Waals surface area contributed by atoms with Crippen LogP contribution in [-0.4, -0.2) is 63.2 Å². The van der Waals surface area contributed by atoms with E-state index in [-0.39, 0.29) is 37.3 Å². The van der Waals surface area contributed by atoms with Gasteiger partial charge < -0.3 is 20.3 Å². The topological polar surface area (TPSA) is 114 Å². The number of aromatic nitrogens is 4. The SMILES string of the molecule is Cc1ccc(OCCN(C)C(=O)Cn2cc(NC(=O)CCNc3nccc(F)n3)cn2)cc1. The van der Waals surface area contributed by atoms with Crippen molar-refractivity contribution in [2.45, 2.75) is 19.9 Å². The van der Waals surface area contributed by atoms with Gasteiger partial charge in [-0.15, -0.1) is 0 Å². The second-order valence-electron chi connectivity index (χ2n) is 7.33. The lowest BCUT2D eigenvalue weighted by atomic mass is 10.2. The Labute approximate surface area is 190 Å². The number of hydrogen-bond acceptors (Lipinski definition) is 7. The summed E-state index contributed by atoms with van der Waals surface area (Å²) in [6.45, 7) is 3.08. The van der Waals surface area contributed by atoms with E-state index in [1.165, 1.54) is 17.1 Å². The molecule has 3 aromatic rings. The van der Waals surface area contributed by atoms with Crippen molar-refractivity contribution in [3.8, 4) is 5.75 Å². The Balaban J connectivity index is 1.36. The number of hydrogen-bond donors (Lipinski definition) is 2. The zero-order valence-corrected chi connectivity index (χ0v) is 18.5. The number of nitrogens with zero attached hydrogens (tertiary/aromatic N) is 5. The highest BCUT2D eigenvalue weighted by Gasteiger charge is 2.12. The van der Waals surface area contributed by atoms with Crippen molar-refractivity contribution in [3.63, 3.8) is 0 Å². The summed E-state index contributed by atoms with van der Waals surface area (Å²) in [5.74, 6) is -0.184. The number of carbonyl (C=O) groups is 2. The van der Waals surface area contributed by atoms with E-state index in [0.29, 0.717) is 18.8 Å². The minimum atomic E-state index is -0.650. The smallest absolute Gasteiger partial charge is 0.244 e. The molecule has 0 atom stereocenters. The largest absolute Gasteiger partial charge is 0.492 e. The average molecular weight is 455 g/mol. The quantitative estimate of drug-likeness (QED) is 0.426. The molecule has 0 saturated heterocycles. The zero-order chi connectivity index (χ0) is 23.6. The minimum absolute atomic E-state index is 0.0371. The van der Waals surface area contributed by atoms with Crippen LogP contribution in [0, 0.1) is 12.9 Å². The predicted octanol–water partition coefficient (Wildman–Crippen LogP) is 2.10. The van der Waals surface area contributed by atoms with Gasteiger partial charge in [-0.3, -0.25) is 14.3 Å². The summed E-state index contributed by atoms with van der Waals surface area (Å²) >= 11 is 0. The molecule has 2 heterocycles. The van der Waals surface area contributed by atoms with Crippen LogP contribution in [0.3, 0.4) is 0 Å². The number of likely N-dealkylation sites (N-methyl/N-ethyl adjacent to an activating group) is 1. The molecule has 0 spiro atoms. The zero-order valence-electron chi connectivity index (χ0n) is 18.5. The van der Waals surface area contributed by atoms with E-state index in [1.807, 2.05) is 31.2 Å². The molecule has 1 aromatic carbocycles. The van der Waals surface area contributed by atoms with Crippen LogP contribution in [0.5, 0.6) is 5.75 Å². The maximum atomic E-state index is 13.0. The highest BCUT2D eigenvalue weighted by molar-refractivity contribution is 5.90. The number of aryl methyl sites for hydroxylation is 1. The van der Waals surface area contributed by atoms with E-state index < -0.39 is 5.95 Å². The molecule has 0 aliphatic carbocycles. The lowest BCUT2D eigenvalue weighted by Crippen LogP contribution is -2.33. The Hall–Kier alpha value is -4.02. The molecule has 3 rings (SSSR count). The van der Waals surface area contributed by atoms with Crippen LogP contribution < -0.4 is 15.4 Å². The van der Waals surface area contributed by atoms with Crippen LogP contribution in [-0.2, 0) is 16.1 Å². The fraction of sp³-hybridized carbons (Fsp3) is 0.318. The lowest BCUT2D eigenvalue weighted by Gasteiger charge is -2.17. The average Bonchev–Trinajstić information content (AvgIpc) is 3.21. The molecule has 33 heavy (non-hydrogen) atoms. The standard InChI is InChI=1S/C22H26FN7O3/c1-16-3-5-18(6-4-16)33-12-11-29(2)21(32)15-30-14-17(13-26-30)27-20(31)8-10-25-22-24-9-7-19(23)28-22/h3-7,9,13-14H,8,10-12,15H2,1-2H3,(H,27,31)(H,24,25,28). The Morgan fingerprint density at radius 3 is 2.76 bits per heavy atom. The molecule has 11 heteroatoms. The molecule has 0 saturated carbocycles. The molecular weight excluding hydrogens is 429 g/mol. The number of rotatable bonds is 11. The predicted molar refractivity (Wildman–Crippen MR) is 120 cm³/mol. The summed E-state index contributed by atoms with van der Waals surface area (Å²) in [5.41, 5.74) is 1.62. The van der Waals surface area contributed by atoms with Crippen LogP contribution in [0.4, 0.5) is 16.0 Å². The summed E-state index contributed by atoms with van der Waals surface area (Å²) < 4.78 is 20.1. The van der Waals surface area contributed by atoms with Gasteiger partial charge in [-0.05, 0) is 19.1 Å². The van der Waals surface area contributed by atoms with E-state index in [1.54, 1.807) is 18.1 Å². The Morgan fingerprint density at radius 1 is 1.21 bits per heavy atom. The van der Waals surface area contributed by atoms with E-state index in [4.69, 9.17) is 4.74 Å². The maximum absolute atomic E-state index is 13.0. The normalized spacial score (nSPS) is 10.5. The van der Waals surface area contributed by atoms with Crippen molar-refractivity contribution in [2.75, 3.05) is 37.4 Å². The molecule has 2 N–H and O–H groups in total. The van der Waals surface area contributed by atoms with Gasteiger partial charge in [0.25, 0.3) is 0 Å². The highest BCUT2D eigenvalue weighted by Crippen LogP contribution is 2.11. The second kappa shape index (κ2) is 11.6. The Bertz CT molecular complexity index is 1070. The van der Waals surface area contributed by atoms with Gasteiger partial charge in [-0.2, -0.15) is 14.5 Å². The number of amides is 2. The van der Waals surface area contributed by atoms with E-state index in [9.17, 15) is 14.0 Å². The second-order valence-corrected chi connectivity index (χ2v) is 7.33. The van der Waals surface area contributed by atoms with Gasteiger partial charge in [0, 0.05) is 38.5 Å². The third-order valence-electron chi connectivity index (χ3n) is 4.61. The van der Waals surface area contributed by atoms with Crippen molar-refractivity contribution >= 4 is 23.5 Å². The number of ether oxygens (including phenoxy) is 1. The van der Waals surface area contributed by atoms with Crippen molar-refractivity contribution in [3.05, 3.63) is 60.4 Å². The van der Waals surface area contributed by atoms with E-state index in [2.05, 4.69) is 25.7 Å². The van der Waals surface area contributed by atoms with Crippen molar-refractivity contribution < 1.29 is 18.7 Å². The highest BCUT2D eigenvalue weighted by atomic mass is 19.1. The molecule has 0 fully saturated rings. The molecule has 2 aromatic heterocycles. The van der Waals surface area contributed by atoms with Crippen molar-refractivity contribution in [1.82, 2.24) is 24.6 Å². The van der Waals surface area contributed by atoms with Gasteiger partial charge in [0.1, 0.15) is 18.9 Å². The molecule has 0 unspecified atom stereocenters. The molecule has 2 amide bonds. The molecule has 174 valence electrons. The minimum Gasteiger partial charge on any atom is -0.492 e. The summed E-state index contributed by atoms with van der Waals surface area (Å²) in [6, 6.07) is 8.85. The van der Waals surface area contributed by atoms with Gasteiger partial charge in [0.15, 0.2) is 0 Å².